The maximum atomic E-state index is 5.77. The predicted molar refractivity (Wildman–Crippen MR) is 65.1 cm³/mol. The number of nitrogens with two attached hydrogens (primary N) is 2. The van der Waals surface area contributed by atoms with Gasteiger partial charge in [0.2, 0.25) is 0 Å². The summed E-state index contributed by atoms with van der Waals surface area (Å²) in [5.74, 6) is 0. The molecule has 1 aromatic carbocycles. The van der Waals surface area contributed by atoms with Gasteiger partial charge in [0.25, 0.3) is 0 Å². The Kier molecular flexibility index (Phi) is 6.16. The van der Waals surface area contributed by atoms with Crippen LogP contribution in [0.5, 0.6) is 0 Å². The number of hydrogen-bond donors (Lipinski definition) is 2. The molecular formula is C8H11Br2ClN2. The molecule has 0 aliphatic heterocycles. The second-order valence-corrected chi connectivity index (χ2v) is 4.38. The fourth-order valence-corrected chi connectivity index (χ4v) is 2.25. The van der Waals surface area contributed by atoms with Crippen LogP contribution >= 0.6 is 44.3 Å². The largest absolute Gasteiger partial charge is 0.329 e. The van der Waals surface area contributed by atoms with Crippen molar-refractivity contribution in [2.45, 2.75) is 6.04 Å². The van der Waals surface area contributed by atoms with Crippen molar-refractivity contribution in [1.29, 1.82) is 0 Å². The van der Waals surface area contributed by atoms with Gasteiger partial charge in [0.1, 0.15) is 0 Å². The molecular weight excluding hydrogens is 319 g/mol. The van der Waals surface area contributed by atoms with Gasteiger partial charge in [-0.1, -0.05) is 31.9 Å². The molecule has 0 radical (unpaired) electrons. The normalized spacial score (nSPS) is 12.0. The zero-order valence-corrected chi connectivity index (χ0v) is 10.8. The molecule has 0 fully saturated rings. The van der Waals surface area contributed by atoms with E-state index in [0.717, 1.165) is 14.5 Å². The highest BCUT2D eigenvalue weighted by atomic mass is 79.9. The Morgan fingerprint density at radius 3 is 2.00 bits per heavy atom. The molecule has 0 aliphatic carbocycles. The van der Waals surface area contributed by atoms with Crippen molar-refractivity contribution in [3.05, 3.63) is 32.7 Å². The molecule has 1 rings (SSSR count). The van der Waals surface area contributed by atoms with Crippen LogP contribution in [0.2, 0.25) is 0 Å². The van der Waals surface area contributed by atoms with Gasteiger partial charge in [0, 0.05) is 21.5 Å². The predicted octanol–water partition coefficient (Wildman–Crippen LogP) is 2.59. The van der Waals surface area contributed by atoms with Gasteiger partial charge in [-0.3, -0.25) is 0 Å². The molecule has 1 atom stereocenters. The molecule has 0 spiro atoms. The van der Waals surface area contributed by atoms with E-state index in [0.29, 0.717) is 6.54 Å². The van der Waals surface area contributed by atoms with E-state index in [-0.39, 0.29) is 18.4 Å². The molecule has 0 bridgehead atoms. The monoisotopic (exact) mass is 328 g/mol. The Labute approximate surface area is 101 Å². The first-order valence-electron chi connectivity index (χ1n) is 3.55. The standard InChI is InChI=1S/C8H10Br2N2.ClH/c9-6-1-5(8(12)4-11)2-7(10)3-6;/h1-3,8H,4,11-12H2;1H/t8-;/m1./s1. The minimum atomic E-state index is -0.0844. The van der Waals surface area contributed by atoms with Crippen LogP contribution in [0.1, 0.15) is 11.6 Å². The van der Waals surface area contributed by atoms with Gasteiger partial charge in [-0.15, -0.1) is 12.4 Å². The van der Waals surface area contributed by atoms with Crippen LogP contribution in [-0.4, -0.2) is 6.54 Å². The smallest absolute Gasteiger partial charge is 0.0420 e. The van der Waals surface area contributed by atoms with E-state index in [2.05, 4.69) is 31.9 Å². The molecule has 0 aromatic heterocycles. The number of hydrogen-bond acceptors (Lipinski definition) is 2. The lowest BCUT2D eigenvalue weighted by atomic mass is 10.1. The molecule has 0 saturated carbocycles. The van der Waals surface area contributed by atoms with Gasteiger partial charge in [-0.05, 0) is 23.8 Å². The zero-order chi connectivity index (χ0) is 9.14. The van der Waals surface area contributed by atoms with Gasteiger partial charge < -0.3 is 11.5 Å². The van der Waals surface area contributed by atoms with Crippen molar-refractivity contribution in [2.75, 3.05) is 6.54 Å². The van der Waals surface area contributed by atoms with Crippen molar-refractivity contribution >= 4 is 44.3 Å². The molecule has 0 aliphatic rings. The van der Waals surface area contributed by atoms with Gasteiger partial charge in [0.05, 0.1) is 0 Å². The van der Waals surface area contributed by atoms with Crippen LogP contribution in [0.3, 0.4) is 0 Å². The van der Waals surface area contributed by atoms with Crippen LogP contribution in [0.15, 0.2) is 27.1 Å². The average molecular weight is 330 g/mol. The van der Waals surface area contributed by atoms with E-state index >= 15 is 0 Å². The fraction of sp³-hybridized carbons (Fsp3) is 0.250. The SMILES string of the molecule is Cl.NC[C@@H](N)c1cc(Br)cc(Br)c1. The van der Waals surface area contributed by atoms with Gasteiger partial charge >= 0.3 is 0 Å². The second kappa shape index (κ2) is 5.98. The number of rotatable bonds is 2. The Morgan fingerprint density at radius 1 is 1.15 bits per heavy atom. The van der Waals surface area contributed by atoms with Crippen molar-refractivity contribution in [1.82, 2.24) is 0 Å². The lowest BCUT2D eigenvalue weighted by Gasteiger charge is -2.09. The summed E-state index contributed by atoms with van der Waals surface area (Å²) in [6.45, 7) is 0.461. The van der Waals surface area contributed by atoms with Gasteiger partial charge in [-0.2, -0.15) is 0 Å². The van der Waals surface area contributed by atoms with Crippen LogP contribution in [0.25, 0.3) is 0 Å². The third kappa shape index (κ3) is 3.95. The summed E-state index contributed by atoms with van der Waals surface area (Å²) in [4.78, 5) is 0. The minimum Gasteiger partial charge on any atom is -0.329 e. The summed E-state index contributed by atoms with van der Waals surface area (Å²) in [6, 6.07) is 5.83. The molecule has 74 valence electrons. The molecule has 0 unspecified atom stereocenters. The van der Waals surface area contributed by atoms with Crippen LogP contribution in [-0.2, 0) is 0 Å². The number of halogens is 3. The highest BCUT2D eigenvalue weighted by molar-refractivity contribution is 9.11. The van der Waals surface area contributed by atoms with E-state index in [4.69, 9.17) is 11.5 Å². The quantitative estimate of drug-likeness (QED) is 0.876. The first-order chi connectivity index (χ1) is 5.63. The first-order valence-corrected chi connectivity index (χ1v) is 5.13. The van der Waals surface area contributed by atoms with Gasteiger partial charge in [-0.25, -0.2) is 0 Å². The first kappa shape index (κ1) is 13.4. The topological polar surface area (TPSA) is 52.0 Å². The van der Waals surface area contributed by atoms with Crippen molar-refractivity contribution in [3.63, 3.8) is 0 Å². The molecule has 5 heteroatoms. The third-order valence-corrected chi connectivity index (χ3v) is 2.48. The van der Waals surface area contributed by atoms with E-state index in [9.17, 15) is 0 Å². The maximum Gasteiger partial charge on any atom is 0.0420 e. The van der Waals surface area contributed by atoms with Crippen molar-refractivity contribution < 1.29 is 0 Å². The summed E-state index contributed by atoms with van der Waals surface area (Å²) < 4.78 is 2.02. The molecule has 1 aromatic rings. The van der Waals surface area contributed by atoms with E-state index < -0.39 is 0 Å². The molecule has 2 nitrogen and oxygen atoms in total. The van der Waals surface area contributed by atoms with Crippen molar-refractivity contribution in [2.24, 2.45) is 11.5 Å². The highest BCUT2D eigenvalue weighted by Gasteiger charge is 2.04. The molecule has 0 amide bonds. The Balaban J connectivity index is 0.00000144. The van der Waals surface area contributed by atoms with Crippen LogP contribution in [0.4, 0.5) is 0 Å². The van der Waals surface area contributed by atoms with Crippen molar-refractivity contribution in [3.8, 4) is 0 Å². The number of benzene rings is 1. The molecule has 0 heterocycles. The summed E-state index contributed by atoms with van der Waals surface area (Å²) in [5.41, 5.74) is 12.3. The Hall–Kier alpha value is 0.390. The maximum absolute atomic E-state index is 5.77. The van der Waals surface area contributed by atoms with E-state index in [1.807, 2.05) is 18.2 Å². The Bertz CT molecular complexity index is 261. The fourth-order valence-electron chi connectivity index (χ4n) is 0.925. The molecule has 4 N–H and O–H groups in total. The molecule has 13 heavy (non-hydrogen) atoms. The van der Waals surface area contributed by atoms with Gasteiger partial charge in [0.15, 0.2) is 0 Å². The van der Waals surface area contributed by atoms with Crippen LogP contribution in [0, 0.1) is 0 Å². The van der Waals surface area contributed by atoms with Crippen LogP contribution < -0.4 is 11.5 Å². The highest BCUT2D eigenvalue weighted by Crippen LogP contribution is 2.22. The Morgan fingerprint density at radius 2 is 1.62 bits per heavy atom. The molecule has 0 saturated heterocycles. The summed E-state index contributed by atoms with van der Waals surface area (Å²) >= 11 is 6.77. The van der Waals surface area contributed by atoms with E-state index in [1.54, 1.807) is 0 Å². The zero-order valence-electron chi connectivity index (χ0n) is 6.84. The summed E-state index contributed by atoms with van der Waals surface area (Å²) in [7, 11) is 0. The average Bonchev–Trinajstić information content (AvgIpc) is 2.01. The second-order valence-electron chi connectivity index (χ2n) is 2.54. The third-order valence-electron chi connectivity index (χ3n) is 1.57. The lowest BCUT2D eigenvalue weighted by molar-refractivity contribution is 0.736. The lowest BCUT2D eigenvalue weighted by Crippen LogP contribution is -2.20. The summed E-state index contributed by atoms with van der Waals surface area (Å²) in [5, 5.41) is 0. The van der Waals surface area contributed by atoms with E-state index in [1.165, 1.54) is 0 Å². The summed E-state index contributed by atoms with van der Waals surface area (Å²) in [6.07, 6.45) is 0. The minimum absolute atomic E-state index is 0.